The molecule has 1 aromatic carbocycles. The van der Waals surface area contributed by atoms with Crippen molar-refractivity contribution in [2.75, 3.05) is 19.6 Å². The van der Waals surface area contributed by atoms with Gasteiger partial charge >= 0.3 is 0 Å². The van der Waals surface area contributed by atoms with Gasteiger partial charge in [0.2, 0.25) is 0 Å². The van der Waals surface area contributed by atoms with E-state index in [4.69, 9.17) is 0 Å². The first kappa shape index (κ1) is 14.5. The second kappa shape index (κ2) is 6.06. The highest BCUT2D eigenvalue weighted by Crippen LogP contribution is 2.27. The molecule has 1 heterocycles. The molecule has 0 spiro atoms. The Kier molecular flexibility index (Phi) is 4.64. The normalized spacial score (nSPS) is 23.7. The summed E-state index contributed by atoms with van der Waals surface area (Å²) in [6.07, 6.45) is 1.28. The van der Waals surface area contributed by atoms with E-state index in [1.54, 1.807) is 0 Å². The Labute approximate surface area is 118 Å². The molecule has 1 unspecified atom stereocenters. The Bertz CT molecular complexity index is 384. The number of rotatable bonds is 4. The molecule has 1 aromatic rings. The van der Waals surface area contributed by atoms with Gasteiger partial charge in [0, 0.05) is 24.7 Å². The van der Waals surface area contributed by atoms with Gasteiger partial charge in [-0.15, -0.1) is 0 Å². The van der Waals surface area contributed by atoms with E-state index in [1.807, 2.05) is 0 Å². The molecule has 1 aliphatic rings. The van der Waals surface area contributed by atoms with Crippen LogP contribution < -0.4 is 5.32 Å². The summed E-state index contributed by atoms with van der Waals surface area (Å²) in [6, 6.07) is 11.4. The standard InChI is InChI=1S/C17H28N2/c1-14(2)10-11-19-13-17(3,4)18-12-16(19)15-8-6-5-7-9-15/h5-9,14,16,18H,10-13H2,1-4H3. The van der Waals surface area contributed by atoms with Crippen LogP contribution in [0, 0.1) is 5.92 Å². The lowest BCUT2D eigenvalue weighted by Crippen LogP contribution is -2.58. The van der Waals surface area contributed by atoms with Gasteiger partial charge in [0.1, 0.15) is 0 Å². The summed E-state index contributed by atoms with van der Waals surface area (Å²) in [5.74, 6) is 0.773. The summed E-state index contributed by atoms with van der Waals surface area (Å²) in [5, 5.41) is 3.68. The number of benzene rings is 1. The lowest BCUT2D eigenvalue weighted by molar-refractivity contribution is 0.0903. The lowest BCUT2D eigenvalue weighted by Gasteiger charge is -2.45. The van der Waals surface area contributed by atoms with Crippen molar-refractivity contribution in [1.29, 1.82) is 0 Å². The van der Waals surface area contributed by atoms with Crippen molar-refractivity contribution >= 4 is 0 Å². The Morgan fingerprint density at radius 1 is 1.26 bits per heavy atom. The molecule has 2 rings (SSSR count). The Morgan fingerprint density at radius 2 is 1.95 bits per heavy atom. The number of piperazine rings is 1. The van der Waals surface area contributed by atoms with Gasteiger partial charge < -0.3 is 5.32 Å². The number of hydrogen-bond donors (Lipinski definition) is 1. The van der Waals surface area contributed by atoms with E-state index in [1.165, 1.54) is 18.5 Å². The fourth-order valence-corrected chi connectivity index (χ4v) is 2.84. The zero-order valence-corrected chi connectivity index (χ0v) is 12.8. The maximum atomic E-state index is 3.68. The smallest absolute Gasteiger partial charge is 0.0473 e. The van der Waals surface area contributed by atoms with Crippen molar-refractivity contribution < 1.29 is 0 Å². The predicted octanol–water partition coefficient (Wildman–Crippen LogP) is 3.46. The van der Waals surface area contributed by atoms with Gasteiger partial charge in [-0.1, -0.05) is 44.2 Å². The van der Waals surface area contributed by atoms with Crippen LogP contribution >= 0.6 is 0 Å². The SMILES string of the molecule is CC(C)CCN1CC(C)(C)NCC1c1ccccc1. The van der Waals surface area contributed by atoms with Crippen LogP contribution in [0.2, 0.25) is 0 Å². The van der Waals surface area contributed by atoms with Gasteiger partial charge in [-0.25, -0.2) is 0 Å². The summed E-state index contributed by atoms with van der Waals surface area (Å²) in [6.45, 7) is 12.6. The molecule has 0 aromatic heterocycles. The number of nitrogens with one attached hydrogen (secondary N) is 1. The van der Waals surface area contributed by atoms with Gasteiger partial charge in [-0.2, -0.15) is 0 Å². The first-order valence-electron chi connectivity index (χ1n) is 7.52. The van der Waals surface area contributed by atoms with Crippen molar-refractivity contribution in [3.8, 4) is 0 Å². The fraction of sp³-hybridized carbons (Fsp3) is 0.647. The summed E-state index contributed by atoms with van der Waals surface area (Å²) >= 11 is 0. The molecule has 1 aliphatic heterocycles. The van der Waals surface area contributed by atoms with Gasteiger partial charge in [-0.05, 0) is 38.3 Å². The van der Waals surface area contributed by atoms with Crippen LogP contribution in [0.1, 0.15) is 45.7 Å². The van der Waals surface area contributed by atoms with Crippen LogP contribution in [0.25, 0.3) is 0 Å². The first-order chi connectivity index (χ1) is 8.98. The Morgan fingerprint density at radius 3 is 2.58 bits per heavy atom. The molecule has 0 saturated carbocycles. The molecule has 2 nitrogen and oxygen atoms in total. The molecular formula is C17H28N2. The van der Waals surface area contributed by atoms with Crippen molar-refractivity contribution in [2.24, 2.45) is 5.92 Å². The van der Waals surface area contributed by atoms with Crippen LogP contribution in [0.3, 0.4) is 0 Å². The molecule has 106 valence electrons. The molecule has 1 atom stereocenters. The fourth-order valence-electron chi connectivity index (χ4n) is 2.84. The van der Waals surface area contributed by atoms with Crippen LogP contribution in [-0.4, -0.2) is 30.1 Å². The Balaban J connectivity index is 2.11. The first-order valence-corrected chi connectivity index (χ1v) is 7.52. The monoisotopic (exact) mass is 260 g/mol. The molecule has 0 aliphatic carbocycles. The van der Waals surface area contributed by atoms with Gasteiger partial charge in [0.25, 0.3) is 0 Å². The van der Waals surface area contributed by atoms with Crippen LogP contribution in [0.5, 0.6) is 0 Å². The average Bonchev–Trinajstić information content (AvgIpc) is 2.36. The van der Waals surface area contributed by atoms with Gasteiger partial charge in [-0.3, -0.25) is 4.90 Å². The van der Waals surface area contributed by atoms with Gasteiger partial charge in [0.05, 0.1) is 0 Å². The summed E-state index contributed by atoms with van der Waals surface area (Å²) < 4.78 is 0. The van der Waals surface area contributed by atoms with Crippen LogP contribution in [0.4, 0.5) is 0 Å². The summed E-state index contributed by atoms with van der Waals surface area (Å²) in [5.41, 5.74) is 1.66. The second-order valence-electron chi connectivity index (χ2n) is 6.84. The van der Waals surface area contributed by atoms with E-state index in [-0.39, 0.29) is 5.54 Å². The predicted molar refractivity (Wildman–Crippen MR) is 82.3 cm³/mol. The third-order valence-electron chi connectivity index (χ3n) is 3.99. The van der Waals surface area contributed by atoms with E-state index in [9.17, 15) is 0 Å². The summed E-state index contributed by atoms with van der Waals surface area (Å²) in [7, 11) is 0. The minimum absolute atomic E-state index is 0.224. The molecule has 1 saturated heterocycles. The van der Waals surface area contributed by atoms with Crippen LogP contribution in [-0.2, 0) is 0 Å². The summed E-state index contributed by atoms with van der Waals surface area (Å²) in [4.78, 5) is 2.66. The third kappa shape index (κ3) is 4.05. The molecule has 2 heteroatoms. The molecule has 1 N–H and O–H groups in total. The highest BCUT2D eigenvalue weighted by Gasteiger charge is 2.32. The number of hydrogen-bond acceptors (Lipinski definition) is 2. The highest BCUT2D eigenvalue weighted by molar-refractivity contribution is 5.20. The van der Waals surface area contributed by atoms with Crippen molar-refractivity contribution in [2.45, 2.75) is 45.7 Å². The van der Waals surface area contributed by atoms with E-state index in [2.05, 4.69) is 68.2 Å². The van der Waals surface area contributed by atoms with Crippen molar-refractivity contribution in [3.05, 3.63) is 35.9 Å². The Hall–Kier alpha value is -0.860. The zero-order chi connectivity index (χ0) is 13.9. The average molecular weight is 260 g/mol. The number of nitrogens with zero attached hydrogens (tertiary/aromatic N) is 1. The van der Waals surface area contributed by atoms with E-state index >= 15 is 0 Å². The van der Waals surface area contributed by atoms with Crippen molar-refractivity contribution in [3.63, 3.8) is 0 Å². The molecule has 0 amide bonds. The van der Waals surface area contributed by atoms with Crippen molar-refractivity contribution in [1.82, 2.24) is 10.2 Å². The second-order valence-corrected chi connectivity index (χ2v) is 6.84. The maximum absolute atomic E-state index is 3.68. The molecule has 0 radical (unpaired) electrons. The maximum Gasteiger partial charge on any atom is 0.0473 e. The van der Waals surface area contributed by atoms with E-state index < -0.39 is 0 Å². The molecule has 0 bridgehead atoms. The molecule has 19 heavy (non-hydrogen) atoms. The van der Waals surface area contributed by atoms with E-state index in [0.717, 1.165) is 19.0 Å². The van der Waals surface area contributed by atoms with Gasteiger partial charge in [0.15, 0.2) is 0 Å². The quantitative estimate of drug-likeness (QED) is 0.892. The lowest BCUT2D eigenvalue weighted by atomic mass is 9.94. The minimum Gasteiger partial charge on any atom is -0.309 e. The molecular weight excluding hydrogens is 232 g/mol. The largest absolute Gasteiger partial charge is 0.309 e. The van der Waals surface area contributed by atoms with E-state index in [0.29, 0.717) is 6.04 Å². The highest BCUT2D eigenvalue weighted by atomic mass is 15.2. The third-order valence-corrected chi connectivity index (χ3v) is 3.99. The van der Waals surface area contributed by atoms with Crippen LogP contribution in [0.15, 0.2) is 30.3 Å². The topological polar surface area (TPSA) is 15.3 Å². The minimum atomic E-state index is 0.224. The zero-order valence-electron chi connectivity index (χ0n) is 12.8. The molecule has 1 fully saturated rings.